The Balaban J connectivity index is 2.60. The molecule has 1 N–H and O–H groups in total. The second-order valence-electron chi connectivity index (χ2n) is 2.87. The number of hydrogen-bond acceptors (Lipinski definition) is 1. The van der Waals surface area contributed by atoms with E-state index in [1.807, 2.05) is 6.92 Å². The lowest BCUT2D eigenvalue weighted by Gasteiger charge is -2.08. The predicted octanol–water partition coefficient (Wildman–Crippen LogP) is 2.94. The van der Waals surface area contributed by atoms with Crippen molar-refractivity contribution in [3.8, 4) is 0 Å². The molecular weight excluding hydrogens is 249 g/mol. The van der Waals surface area contributed by atoms with Gasteiger partial charge in [0.1, 0.15) is 5.82 Å². The van der Waals surface area contributed by atoms with Crippen LogP contribution in [-0.4, -0.2) is 10.7 Å². The molecule has 1 rings (SSSR count). The molecule has 0 heterocycles. The Morgan fingerprint density at radius 2 is 2.07 bits per heavy atom. The molecule has 0 spiro atoms. The number of amides is 1. The van der Waals surface area contributed by atoms with Crippen molar-refractivity contribution in [2.24, 2.45) is 0 Å². The third-order valence-electron chi connectivity index (χ3n) is 1.75. The molecule has 0 bridgehead atoms. The van der Waals surface area contributed by atoms with Gasteiger partial charge in [0, 0.05) is 5.69 Å². The van der Waals surface area contributed by atoms with Crippen LogP contribution in [0.4, 0.5) is 10.1 Å². The zero-order valence-corrected chi connectivity index (χ0v) is 9.34. The maximum absolute atomic E-state index is 12.5. The first-order valence-electron chi connectivity index (χ1n) is 4.34. The van der Waals surface area contributed by atoms with E-state index in [1.54, 1.807) is 0 Å². The van der Waals surface area contributed by atoms with E-state index in [9.17, 15) is 9.18 Å². The number of carbonyl (C=O) groups is 1. The molecule has 1 aromatic rings. The monoisotopic (exact) mass is 259 g/mol. The zero-order valence-electron chi connectivity index (χ0n) is 7.76. The molecular formula is C10H11BrFNO. The lowest BCUT2D eigenvalue weighted by atomic mass is 10.3. The summed E-state index contributed by atoms with van der Waals surface area (Å²) in [7, 11) is 0. The van der Waals surface area contributed by atoms with E-state index in [4.69, 9.17) is 0 Å². The highest BCUT2D eigenvalue weighted by molar-refractivity contribution is 9.10. The van der Waals surface area contributed by atoms with Gasteiger partial charge in [0.05, 0.1) is 4.83 Å². The predicted molar refractivity (Wildman–Crippen MR) is 58.0 cm³/mol. The molecule has 1 aromatic carbocycles. The molecule has 0 aliphatic carbocycles. The molecule has 1 atom stereocenters. The standard InChI is InChI=1S/C10H11BrFNO/c1-2-9(11)10(14)13-8-5-3-7(12)4-6-8/h3-6,9H,2H2,1H3,(H,13,14). The van der Waals surface area contributed by atoms with Gasteiger partial charge < -0.3 is 5.32 Å². The maximum Gasteiger partial charge on any atom is 0.238 e. The van der Waals surface area contributed by atoms with Crippen LogP contribution in [0.25, 0.3) is 0 Å². The Kier molecular flexibility index (Phi) is 4.07. The average molecular weight is 260 g/mol. The average Bonchev–Trinajstić information content (AvgIpc) is 2.20. The van der Waals surface area contributed by atoms with Crippen molar-refractivity contribution in [2.75, 3.05) is 5.32 Å². The third kappa shape index (κ3) is 3.10. The Morgan fingerprint density at radius 1 is 1.50 bits per heavy atom. The van der Waals surface area contributed by atoms with E-state index in [0.29, 0.717) is 12.1 Å². The van der Waals surface area contributed by atoms with Crippen LogP contribution in [0.3, 0.4) is 0 Å². The number of rotatable bonds is 3. The van der Waals surface area contributed by atoms with Gasteiger partial charge in [0.2, 0.25) is 5.91 Å². The van der Waals surface area contributed by atoms with Gasteiger partial charge >= 0.3 is 0 Å². The summed E-state index contributed by atoms with van der Waals surface area (Å²) in [6.45, 7) is 1.91. The van der Waals surface area contributed by atoms with Crippen LogP contribution in [0.15, 0.2) is 24.3 Å². The van der Waals surface area contributed by atoms with Gasteiger partial charge in [-0.1, -0.05) is 22.9 Å². The Bertz CT molecular complexity index is 312. The Hall–Kier alpha value is -0.900. The molecule has 0 aliphatic heterocycles. The smallest absolute Gasteiger partial charge is 0.238 e. The fraction of sp³-hybridized carbons (Fsp3) is 0.300. The molecule has 1 amide bonds. The van der Waals surface area contributed by atoms with Crippen LogP contribution in [0.2, 0.25) is 0 Å². The van der Waals surface area contributed by atoms with E-state index >= 15 is 0 Å². The van der Waals surface area contributed by atoms with Gasteiger partial charge in [-0.15, -0.1) is 0 Å². The summed E-state index contributed by atoms with van der Waals surface area (Å²) in [6.07, 6.45) is 0.715. The van der Waals surface area contributed by atoms with Crippen molar-refractivity contribution in [1.82, 2.24) is 0 Å². The molecule has 0 saturated heterocycles. The lowest BCUT2D eigenvalue weighted by molar-refractivity contribution is -0.115. The third-order valence-corrected chi connectivity index (χ3v) is 2.82. The molecule has 0 saturated carbocycles. The summed E-state index contributed by atoms with van der Waals surface area (Å²) < 4.78 is 12.5. The van der Waals surface area contributed by atoms with Crippen molar-refractivity contribution in [3.63, 3.8) is 0 Å². The second kappa shape index (κ2) is 5.10. The number of hydrogen-bond donors (Lipinski definition) is 1. The van der Waals surface area contributed by atoms with Crippen molar-refractivity contribution in [2.45, 2.75) is 18.2 Å². The van der Waals surface area contributed by atoms with E-state index in [-0.39, 0.29) is 16.6 Å². The summed E-state index contributed by atoms with van der Waals surface area (Å²) in [5, 5.41) is 2.67. The minimum Gasteiger partial charge on any atom is -0.325 e. The van der Waals surface area contributed by atoms with Gasteiger partial charge in [-0.3, -0.25) is 4.79 Å². The second-order valence-corrected chi connectivity index (χ2v) is 3.98. The van der Waals surface area contributed by atoms with E-state index in [1.165, 1.54) is 24.3 Å². The minimum atomic E-state index is -0.311. The minimum absolute atomic E-state index is 0.112. The number of anilines is 1. The highest BCUT2D eigenvalue weighted by atomic mass is 79.9. The van der Waals surface area contributed by atoms with Crippen LogP contribution >= 0.6 is 15.9 Å². The largest absolute Gasteiger partial charge is 0.325 e. The fourth-order valence-electron chi connectivity index (χ4n) is 0.939. The van der Waals surface area contributed by atoms with Crippen molar-refractivity contribution < 1.29 is 9.18 Å². The molecule has 1 unspecified atom stereocenters. The van der Waals surface area contributed by atoms with Crippen LogP contribution in [0.5, 0.6) is 0 Å². The molecule has 14 heavy (non-hydrogen) atoms. The summed E-state index contributed by atoms with van der Waals surface area (Å²) >= 11 is 3.23. The fourth-order valence-corrected chi connectivity index (χ4v) is 1.05. The zero-order chi connectivity index (χ0) is 10.6. The number of alkyl halides is 1. The Morgan fingerprint density at radius 3 is 2.57 bits per heavy atom. The number of benzene rings is 1. The molecule has 76 valence electrons. The summed E-state index contributed by atoms with van der Waals surface area (Å²) in [5.74, 6) is -0.423. The van der Waals surface area contributed by atoms with Crippen LogP contribution in [0, 0.1) is 5.82 Å². The van der Waals surface area contributed by atoms with Crippen molar-refractivity contribution in [3.05, 3.63) is 30.1 Å². The van der Waals surface area contributed by atoms with E-state index in [0.717, 1.165) is 0 Å². The highest BCUT2D eigenvalue weighted by Crippen LogP contribution is 2.11. The maximum atomic E-state index is 12.5. The van der Waals surface area contributed by atoms with Gasteiger partial charge in [-0.2, -0.15) is 0 Å². The van der Waals surface area contributed by atoms with Gasteiger partial charge in [-0.05, 0) is 30.7 Å². The first-order chi connectivity index (χ1) is 6.63. The quantitative estimate of drug-likeness (QED) is 0.832. The van der Waals surface area contributed by atoms with E-state index in [2.05, 4.69) is 21.2 Å². The van der Waals surface area contributed by atoms with Crippen LogP contribution in [-0.2, 0) is 4.79 Å². The molecule has 2 nitrogen and oxygen atoms in total. The highest BCUT2D eigenvalue weighted by Gasteiger charge is 2.11. The number of nitrogens with one attached hydrogen (secondary N) is 1. The molecule has 4 heteroatoms. The molecule has 0 aromatic heterocycles. The number of halogens is 2. The van der Waals surface area contributed by atoms with E-state index < -0.39 is 0 Å². The summed E-state index contributed by atoms with van der Waals surface area (Å²) in [5.41, 5.74) is 0.606. The van der Waals surface area contributed by atoms with Crippen molar-refractivity contribution >= 4 is 27.5 Å². The van der Waals surface area contributed by atoms with Gasteiger partial charge in [0.15, 0.2) is 0 Å². The lowest BCUT2D eigenvalue weighted by Crippen LogP contribution is -2.21. The molecule has 0 radical (unpaired) electrons. The van der Waals surface area contributed by atoms with Gasteiger partial charge in [0.25, 0.3) is 0 Å². The molecule has 0 fully saturated rings. The first kappa shape index (κ1) is 11.2. The van der Waals surface area contributed by atoms with Crippen LogP contribution < -0.4 is 5.32 Å². The Labute approximate surface area is 90.6 Å². The summed E-state index contributed by atoms with van der Waals surface area (Å²) in [6, 6.07) is 5.68. The number of carbonyl (C=O) groups excluding carboxylic acids is 1. The normalized spacial score (nSPS) is 12.2. The SMILES string of the molecule is CCC(Br)C(=O)Nc1ccc(F)cc1. The first-order valence-corrected chi connectivity index (χ1v) is 5.25. The van der Waals surface area contributed by atoms with Crippen molar-refractivity contribution in [1.29, 1.82) is 0 Å². The topological polar surface area (TPSA) is 29.1 Å². The summed E-state index contributed by atoms with van der Waals surface area (Å²) in [4.78, 5) is 11.2. The molecule has 0 aliphatic rings. The van der Waals surface area contributed by atoms with Crippen LogP contribution in [0.1, 0.15) is 13.3 Å². The van der Waals surface area contributed by atoms with Gasteiger partial charge in [-0.25, -0.2) is 4.39 Å².